The first-order valence-corrected chi connectivity index (χ1v) is 8.07. The monoisotopic (exact) mass is 290 g/mol. The molecule has 0 radical (unpaired) electrons. The first kappa shape index (κ1) is 14.7. The second-order valence-electron chi connectivity index (χ2n) is 6.64. The summed E-state index contributed by atoms with van der Waals surface area (Å²) in [5, 5.41) is 10.1. The van der Waals surface area contributed by atoms with Crippen molar-refractivity contribution in [3.8, 4) is 0 Å². The van der Waals surface area contributed by atoms with Crippen LogP contribution >= 0.6 is 0 Å². The fourth-order valence-electron chi connectivity index (χ4n) is 3.67. The van der Waals surface area contributed by atoms with E-state index in [9.17, 15) is 5.11 Å². The molecule has 0 bridgehead atoms. The molecule has 1 aromatic rings. The summed E-state index contributed by atoms with van der Waals surface area (Å²) in [6.07, 6.45) is 8.17. The Hall–Kier alpha value is -1.20. The van der Waals surface area contributed by atoms with Crippen LogP contribution in [0.2, 0.25) is 0 Å². The summed E-state index contributed by atoms with van der Waals surface area (Å²) in [6, 6.07) is 0.345. The van der Waals surface area contributed by atoms with Crippen molar-refractivity contribution < 1.29 is 5.11 Å². The molecular formula is C16H26N4O. The lowest BCUT2D eigenvalue weighted by Crippen LogP contribution is -2.38. The number of aromatic nitrogens is 2. The minimum Gasteiger partial charge on any atom is -0.391 e. The SMILES string of the molecule is CN(C)CC1CC(O)CN1c1ncnc2c1CCCCC2. The van der Waals surface area contributed by atoms with Crippen molar-refractivity contribution >= 4 is 5.82 Å². The molecule has 1 saturated heterocycles. The molecule has 1 N–H and O–H groups in total. The van der Waals surface area contributed by atoms with E-state index in [1.807, 2.05) is 0 Å². The Balaban J connectivity index is 1.91. The van der Waals surface area contributed by atoms with Gasteiger partial charge >= 0.3 is 0 Å². The second kappa shape index (κ2) is 6.28. The number of rotatable bonds is 3. The van der Waals surface area contributed by atoms with Crippen LogP contribution in [0.5, 0.6) is 0 Å². The maximum absolute atomic E-state index is 10.1. The van der Waals surface area contributed by atoms with Gasteiger partial charge in [-0.05, 0) is 46.2 Å². The van der Waals surface area contributed by atoms with E-state index in [-0.39, 0.29) is 6.10 Å². The lowest BCUT2D eigenvalue weighted by atomic mass is 10.1. The molecule has 1 aliphatic heterocycles. The van der Waals surface area contributed by atoms with Crippen LogP contribution in [0.15, 0.2) is 6.33 Å². The molecule has 1 aromatic heterocycles. The molecule has 5 nitrogen and oxygen atoms in total. The zero-order valence-electron chi connectivity index (χ0n) is 13.1. The molecule has 21 heavy (non-hydrogen) atoms. The van der Waals surface area contributed by atoms with Gasteiger partial charge in [-0.25, -0.2) is 9.97 Å². The number of nitrogens with zero attached hydrogens (tertiary/aromatic N) is 4. The van der Waals surface area contributed by atoms with Gasteiger partial charge in [-0.1, -0.05) is 6.42 Å². The highest BCUT2D eigenvalue weighted by molar-refractivity contribution is 5.51. The van der Waals surface area contributed by atoms with E-state index in [4.69, 9.17) is 0 Å². The smallest absolute Gasteiger partial charge is 0.135 e. The van der Waals surface area contributed by atoms with Crippen molar-refractivity contribution in [1.82, 2.24) is 14.9 Å². The molecular weight excluding hydrogens is 264 g/mol. The third-order valence-electron chi connectivity index (χ3n) is 4.59. The second-order valence-corrected chi connectivity index (χ2v) is 6.64. The molecule has 0 aromatic carbocycles. The number of hydrogen-bond donors (Lipinski definition) is 1. The molecule has 2 atom stereocenters. The van der Waals surface area contributed by atoms with E-state index in [0.29, 0.717) is 12.6 Å². The predicted octanol–water partition coefficient (Wildman–Crippen LogP) is 1.25. The summed E-state index contributed by atoms with van der Waals surface area (Å²) in [5.74, 6) is 1.07. The summed E-state index contributed by atoms with van der Waals surface area (Å²) in [6.45, 7) is 1.65. The molecule has 5 heteroatoms. The van der Waals surface area contributed by atoms with E-state index in [0.717, 1.165) is 31.6 Å². The van der Waals surface area contributed by atoms with Crippen LogP contribution in [-0.2, 0) is 12.8 Å². The lowest BCUT2D eigenvalue weighted by molar-refractivity contribution is 0.191. The summed E-state index contributed by atoms with van der Waals surface area (Å²) in [4.78, 5) is 13.6. The molecule has 0 saturated carbocycles. The molecule has 2 unspecified atom stereocenters. The van der Waals surface area contributed by atoms with E-state index in [1.54, 1.807) is 6.33 Å². The molecule has 2 aliphatic rings. The van der Waals surface area contributed by atoms with E-state index >= 15 is 0 Å². The van der Waals surface area contributed by atoms with E-state index in [1.165, 1.54) is 30.5 Å². The lowest BCUT2D eigenvalue weighted by Gasteiger charge is -2.29. The third-order valence-corrected chi connectivity index (χ3v) is 4.59. The Morgan fingerprint density at radius 1 is 1.24 bits per heavy atom. The van der Waals surface area contributed by atoms with Crippen LogP contribution in [0.25, 0.3) is 0 Å². The van der Waals surface area contributed by atoms with Crippen LogP contribution < -0.4 is 4.90 Å². The van der Waals surface area contributed by atoms with Gasteiger partial charge in [-0.3, -0.25) is 0 Å². The Kier molecular flexibility index (Phi) is 4.40. The Bertz CT molecular complexity index is 491. The Morgan fingerprint density at radius 3 is 2.86 bits per heavy atom. The molecule has 1 fully saturated rings. The molecule has 1 aliphatic carbocycles. The fourth-order valence-corrected chi connectivity index (χ4v) is 3.67. The predicted molar refractivity (Wildman–Crippen MR) is 83.6 cm³/mol. The topological polar surface area (TPSA) is 52.5 Å². The van der Waals surface area contributed by atoms with Crippen LogP contribution in [0.4, 0.5) is 5.82 Å². The first-order valence-electron chi connectivity index (χ1n) is 8.07. The van der Waals surface area contributed by atoms with Gasteiger partial charge in [0.2, 0.25) is 0 Å². The highest BCUT2D eigenvalue weighted by Gasteiger charge is 2.34. The van der Waals surface area contributed by atoms with Crippen LogP contribution in [0.1, 0.15) is 36.9 Å². The number of likely N-dealkylation sites (N-methyl/N-ethyl adjacent to an activating group) is 1. The van der Waals surface area contributed by atoms with Gasteiger partial charge in [0.15, 0.2) is 0 Å². The van der Waals surface area contributed by atoms with Gasteiger partial charge in [-0.15, -0.1) is 0 Å². The average molecular weight is 290 g/mol. The van der Waals surface area contributed by atoms with E-state index in [2.05, 4.69) is 33.9 Å². The number of hydrogen-bond acceptors (Lipinski definition) is 5. The fraction of sp³-hybridized carbons (Fsp3) is 0.750. The standard InChI is InChI=1S/C16H26N4O/c1-19(2)9-12-8-13(21)10-20(12)16-14-6-4-3-5-7-15(14)17-11-18-16/h11-13,21H,3-10H2,1-2H3. The molecule has 116 valence electrons. The average Bonchev–Trinajstić information content (AvgIpc) is 2.66. The number of aryl methyl sites for hydroxylation is 1. The maximum atomic E-state index is 10.1. The normalized spacial score (nSPS) is 26.0. The maximum Gasteiger partial charge on any atom is 0.135 e. The minimum absolute atomic E-state index is 0.244. The summed E-state index contributed by atoms with van der Waals surface area (Å²) in [5.41, 5.74) is 2.55. The zero-order valence-corrected chi connectivity index (χ0v) is 13.1. The van der Waals surface area contributed by atoms with Crippen molar-refractivity contribution in [1.29, 1.82) is 0 Å². The summed E-state index contributed by atoms with van der Waals surface area (Å²) >= 11 is 0. The largest absolute Gasteiger partial charge is 0.391 e. The van der Waals surface area contributed by atoms with Crippen molar-refractivity contribution in [3.05, 3.63) is 17.6 Å². The third kappa shape index (κ3) is 3.19. The highest BCUT2D eigenvalue weighted by atomic mass is 16.3. The molecule has 0 spiro atoms. The Morgan fingerprint density at radius 2 is 2.05 bits per heavy atom. The van der Waals surface area contributed by atoms with Gasteiger partial charge in [0.25, 0.3) is 0 Å². The van der Waals surface area contributed by atoms with Gasteiger partial charge in [0.1, 0.15) is 12.1 Å². The van der Waals surface area contributed by atoms with Gasteiger partial charge in [0.05, 0.1) is 6.10 Å². The van der Waals surface area contributed by atoms with E-state index < -0.39 is 0 Å². The van der Waals surface area contributed by atoms with Crippen molar-refractivity contribution in [3.63, 3.8) is 0 Å². The van der Waals surface area contributed by atoms with Crippen molar-refractivity contribution in [2.75, 3.05) is 32.1 Å². The van der Waals surface area contributed by atoms with Crippen LogP contribution in [0.3, 0.4) is 0 Å². The number of aliphatic hydroxyl groups is 1. The van der Waals surface area contributed by atoms with Gasteiger partial charge in [-0.2, -0.15) is 0 Å². The zero-order chi connectivity index (χ0) is 14.8. The van der Waals surface area contributed by atoms with Crippen LogP contribution in [0, 0.1) is 0 Å². The molecule has 0 amide bonds. The number of fused-ring (bicyclic) bond motifs is 1. The van der Waals surface area contributed by atoms with Gasteiger partial charge in [0, 0.05) is 30.4 Å². The quantitative estimate of drug-likeness (QED) is 0.849. The summed E-state index contributed by atoms with van der Waals surface area (Å²) in [7, 11) is 4.17. The number of anilines is 1. The van der Waals surface area contributed by atoms with Crippen molar-refractivity contribution in [2.45, 2.75) is 50.7 Å². The van der Waals surface area contributed by atoms with Gasteiger partial charge < -0.3 is 14.9 Å². The Labute approximate surface area is 127 Å². The highest BCUT2D eigenvalue weighted by Crippen LogP contribution is 2.31. The number of β-amino-alcohol motifs (C(OH)–C–C–N with tert-alkyl or cyclic N) is 1. The first-order chi connectivity index (χ1) is 10.1. The minimum atomic E-state index is -0.244. The number of aliphatic hydroxyl groups excluding tert-OH is 1. The molecule has 2 heterocycles. The van der Waals surface area contributed by atoms with Crippen molar-refractivity contribution in [2.24, 2.45) is 0 Å². The van der Waals surface area contributed by atoms with Crippen LogP contribution in [-0.4, -0.2) is 59.3 Å². The molecule has 3 rings (SSSR count). The summed E-state index contributed by atoms with van der Waals surface area (Å²) < 4.78 is 0.